The second-order valence-corrected chi connectivity index (χ2v) is 5.92. The summed E-state index contributed by atoms with van der Waals surface area (Å²) in [6.07, 6.45) is -3.41. The molecule has 0 unspecified atom stereocenters. The molecule has 0 aliphatic carbocycles. The number of anilines is 1. The van der Waals surface area contributed by atoms with Gasteiger partial charge in [-0.3, -0.25) is 9.59 Å². The lowest BCUT2D eigenvalue weighted by Gasteiger charge is -2.09. The fourth-order valence-corrected chi connectivity index (χ4v) is 2.28. The molecule has 0 saturated carbocycles. The highest BCUT2D eigenvalue weighted by molar-refractivity contribution is 5.93. The third kappa shape index (κ3) is 7.65. The molecule has 0 atom stereocenters. The van der Waals surface area contributed by atoms with E-state index in [0.717, 1.165) is 23.4 Å². The number of carbonyl (C=O) groups excluding carboxylic acids is 2. The maximum absolute atomic E-state index is 12.7. The predicted molar refractivity (Wildman–Crippen MR) is 103 cm³/mol. The molecule has 0 aliphatic heterocycles. The molecule has 0 saturated heterocycles. The minimum atomic E-state index is -4.50. The molecule has 0 fully saturated rings. The molecule has 154 valence electrons. The Kier molecular flexibility index (Phi) is 7.76. The predicted octanol–water partition coefficient (Wildman–Crippen LogP) is 3.97. The fourth-order valence-electron chi connectivity index (χ4n) is 2.28. The molecule has 0 heterocycles. The molecule has 2 aromatic rings. The van der Waals surface area contributed by atoms with Gasteiger partial charge in [0.25, 0.3) is 0 Å². The monoisotopic (exact) mass is 407 g/mol. The van der Waals surface area contributed by atoms with E-state index in [1.54, 1.807) is 24.3 Å². The van der Waals surface area contributed by atoms with Crippen molar-refractivity contribution < 1.29 is 27.5 Å². The highest BCUT2D eigenvalue weighted by Gasteiger charge is 2.30. The number of halogens is 3. The van der Waals surface area contributed by atoms with Gasteiger partial charge in [0.15, 0.2) is 0 Å². The van der Waals surface area contributed by atoms with E-state index in [0.29, 0.717) is 6.61 Å². The molecule has 0 aliphatic rings. The number of rotatable bonds is 8. The third-order valence-electron chi connectivity index (χ3n) is 3.65. The average molecular weight is 407 g/mol. The first-order valence-electron chi connectivity index (χ1n) is 8.80. The molecule has 2 aromatic carbocycles. The highest BCUT2D eigenvalue weighted by Crippen LogP contribution is 2.30. The number of nitrogens with zero attached hydrogens (tertiary/aromatic N) is 1. The zero-order valence-corrected chi connectivity index (χ0v) is 15.6. The van der Waals surface area contributed by atoms with E-state index in [-0.39, 0.29) is 18.5 Å². The average Bonchev–Trinajstić information content (AvgIpc) is 2.67. The Morgan fingerprint density at radius 1 is 1.07 bits per heavy atom. The van der Waals surface area contributed by atoms with Gasteiger partial charge in [-0.1, -0.05) is 6.07 Å². The van der Waals surface area contributed by atoms with Gasteiger partial charge in [0, 0.05) is 18.5 Å². The molecule has 6 nitrogen and oxygen atoms in total. The third-order valence-corrected chi connectivity index (χ3v) is 3.65. The van der Waals surface area contributed by atoms with Crippen LogP contribution in [0.4, 0.5) is 18.9 Å². The second kappa shape index (κ2) is 10.3. The molecule has 2 rings (SSSR count). The van der Waals surface area contributed by atoms with E-state index >= 15 is 0 Å². The van der Waals surface area contributed by atoms with E-state index in [4.69, 9.17) is 4.74 Å². The Bertz CT molecular complexity index is 865. The van der Waals surface area contributed by atoms with Crippen molar-refractivity contribution in [1.29, 1.82) is 0 Å². The number of benzene rings is 2. The van der Waals surface area contributed by atoms with Crippen molar-refractivity contribution in [3.63, 3.8) is 0 Å². The van der Waals surface area contributed by atoms with Crippen LogP contribution in [-0.4, -0.2) is 24.6 Å². The maximum atomic E-state index is 12.7. The molecular formula is C20H20F3N3O3. The van der Waals surface area contributed by atoms with Gasteiger partial charge in [-0.25, -0.2) is 5.43 Å². The van der Waals surface area contributed by atoms with Crippen molar-refractivity contribution in [2.45, 2.75) is 25.9 Å². The van der Waals surface area contributed by atoms with Crippen LogP contribution < -0.4 is 15.5 Å². The van der Waals surface area contributed by atoms with Gasteiger partial charge < -0.3 is 10.1 Å². The van der Waals surface area contributed by atoms with Crippen LogP contribution in [0.2, 0.25) is 0 Å². The Balaban J connectivity index is 1.76. The van der Waals surface area contributed by atoms with Crippen LogP contribution in [0.15, 0.2) is 53.6 Å². The van der Waals surface area contributed by atoms with Gasteiger partial charge >= 0.3 is 6.18 Å². The molecule has 0 bridgehead atoms. The van der Waals surface area contributed by atoms with E-state index in [1.807, 2.05) is 6.92 Å². The Labute approximate surface area is 165 Å². The summed E-state index contributed by atoms with van der Waals surface area (Å²) >= 11 is 0. The number of hydrogen-bond donors (Lipinski definition) is 2. The number of amides is 2. The number of hydrogen-bond acceptors (Lipinski definition) is 4. The lowest BCUT2D eigenvalue weighted by Crippen LogP contribution is -2.20. The minimum Gasteiger partial charge on any atom is -0.494 e. The molecular weight excluding hydrogens is 387 g/mol. The number of ether oxygens (including phenoxy) is 1. The topological polar surface area (TPSA) is 79.8 Å². The molecule has 0 aromatic heterocycles. The molecule has 9 heteroatoms. The Morgan fingerprint density at radius 2 is 1.76 bits per heavy atom. The van der Waals surface area contributed by atoms with Gasteiger partial charge in [-0.2, -0.15) is 18.3 Å². The van der Waals surface area contributed by atoms with E-state index in [9.17, 15) is 22.8 Å². The zero-order valence-electron chi connectivity index (χ0n) is 15.6. The minimum absolute atomic E-state index is 0.0127. The summed E-state index contributed by atoms with van der Waals surface area (Å²) in [6.45, 7) is 2.44. The first-order valence-corrected chi connectivity index (χ1v) is 8.80. The van der Waals surface area contributed by atoms with E-state index in [1.165, 1.54) is 18.3 Å². The lowest BCUT2D eigenvalue weighted by molar-refractivity contribution is -0.137. The quantitative estimate of drug-likeness (QED) is 0.513. The number of nitrogens with one attached hydrogen (secondary N) is 2. The standard InChI is InChI=1S/C20H20F3N3O3/c1-2-29-17-8-6-14(7-9-17)13-24-26-19(28)11-10-18(27)25-16-5-3-4-15(12-16)20(21,22)23/h3-9,12-13H,2,10-11H2,1H3,(H,25,27)(H,26,28). The van der Waals surface area contributed by atoms with Gasteiger partial charge in [-0.15, -0.1) is 0 Å². The van der Waals surface area contributed by atoms with Gasteiger partial charge in [0.05, 0.1) is 18.4 Å². The van der Waals surface area contributed by atoms with Gasteiger partial charge in [0.2, 0.25) is 11.8 Å². The molecule has 29 heavy (non-hydrogen) atoms. The van der Waals surface area contributed by atoms with Crippen LogP contribution in [-0.2, 0) is 15.8 Å². The largest absolute Gasteiger partial charge is 0.494 e. The normalized spacial score (nSPS) is 11.3. The smallest absolute Gasteiger partial charge is 0.416 e. The van der Waals surface area contributed by atoms with Crippen LogP contribution in [0.25, 0.3) is 0 Å². The lowest BCUT2D eigenvalue weighted by atomic mass is 10.2. The van der Waals surface area contributed by atoms with E-state index in [2.05, 4.69) is 15.8 Å². The van der Waals surface area contributed by atoms with Crippen LogP contribution in [0.3, 0.4) is 0 Å². The van der Waals surface area contributed by atoms with Crippen molar-refractivity contribution in [2.24, 2.45) is 5.10 Å². The van der Waals surface area contributed by atoms with Crippen molar-refractivity contribution in [3.8, 4) is 5.75 Å². The number of hydrazone groups is 1. The number of carbonyl (C=O) groups is 2. The molecule has 0 spiro atoms. The first kappa shape index (κ1) is 21.9. The second-order valence-electron chi connectivity index (χ2n) is 5.92. The van der Waals surface area contributed by atoms with Crippen LogP contribution in [0.5, 0.6) is 5.75 Å². The van der Waals surface area contributed by atoms with Crippen LogP contribution in [0, 0.1) is 0 Å². The summed E-state index contributed by atoms with van der Waals surface area (Å²) in [5.41, 5.74) is 2.18. The number of alkyl halides is 3. The molecule has 0 radical (unpaired) electrons. The van der Waals surface area contributed by atoms with E-state index < -0.39 is 23.6 Å². The summed E-state index contributed by atoms with van der Waals surface area (Å²) in [7, 11) is 0. The summed E-state index contributed by atoms with van der Waals surface area (Å²) < 4.78 is 43.3. The van der Waals surface area contributed by atoms with Crippen molar-refractivity contribution in [3.05, 3.63) is 59.7 Å². The molecule has 2 amide bonds. The van der Waals surface area contributed by atoms with Crippen LogP contribution >= 0.6 is 0 Å². The van der Waals surface area contributed by atoms with Crippen molar-refractivity contribution >= 4 is 23.7 Å². The fraction of sp³-hybridized carbons (Fsp3) is 0.250. The van der Waals surface area contributed by atoms with Gasteiger partial charge in [-0.05, 0) is 55.0 Å². The van der Waals surface area contributed by atoms with Crippen LogP contribution in [0.1, 0.15) is 30.9 Å². The Morgan fingerprint density at radius 3 is 2.41 bits per heavy atom. The summed E-state index contributed by atoms with van der Waals surface area (Å²) in [5, 5.41) is 6.13. The highest BCUT2D eigenvalue weighted by atomic mass is 19.4. The van der Waals surface area contributed by atoms with Crippen molar-refractivity contribution in [1.82, 2.24) is 5.43 Å². The summed E-state index contributed by atoms with van der Waals surface area (Å²) in [5.74, 6) is -0.346. The molecule has 2 N–H and O–H groups in total. The van der Waals surface area contributed by atoms with Crippen molar-refractivity contribution in [2.75, 3.05) is 11.9 Å². The first-order chi connectivity index (χ1) is 13.8. The zero-order chi connectivity index (χ0) is 21.3. The summed E-state index contributed by atoms with van der Waals surface area (Å²) in [4.78, 5) is 23.6. The SMILES string of the molecule is CCOc1ccc(C=NNC(=O)CCC(=O)Nc2cccc(C(F)(F)F)c2)cc1. The Hall–Kier alpha value is -3.36. The summed E-state index contributed by atoms with van der Waals surface area (Å²) in [6, 6.07) is 11.3. The maximum Gasteiger partial charge on any atom is 0.416 e. The van der Waals surface area contributed by atoms with Gasteiger partial charge in [0.1, 0.15) is 5.75 Å².